The van der Waals surface area contributed by atoms with Gasteiger partial charge in [0.15, 0.2) is 0 Å². The number of aromatic nitrogens is 2. The van der Waals surface area contributed by atoms with Crippen molar-refractivity contribution >= 4 is 17.6 Å². The van der Waals surface area contributed by atoms with Crippen LogP contribution in [0.25, 0.3) is 5.69 Å². The molecule has 3 aromatic rings. The zero-order chi connectivity index (χ0) is 20.3. The molecule has 0 fully saturated rings. The van der Waals surface area contributed by atoms with E-state index in [0.717, 1.165) is 6.07 Å². The number of nitrogens with zero attached hydrogens (tertiary/aromatic N) is 3. The number of aromatic amines is 1. The molecule has 0 unspecified atom stereocenters. The Hall–Kier alpha value is -3.72. The average molecular weight is 382 g/mol. The molecule has 28 heavy (non-hydrogen) atoms. The zero-order valence-corrected chi connectivity index (χ0v) is 15.0. The SMILES string of the molecule is CCc1[nH]n(-c2ccccc2CO)c(=O)c1C=Nc1ccc([N+](=O)[O-])cc1O. The van der Waals surface area contributed by atoms with E-state index in [9.17, 15) is 25.1 Å². The summed E-state index contributed by atoms with van der Waals surface area (Å²) in [7, 11) is 0. The summed E-state index contributed by atoms with van der Waals surface area (Å²) in [4.78, 5) is 27.1. The number of nitrogens with one attached hydrogen (secondary N) is 1. The molecule has 3 N–H and O–H groups in total. The predicted molar refractivity (Wildman–Crippen MR) is 104 cm³/mol. The van der Waals surface area contributed by atoms with Crippen LogP contribution in [0.3, 0.4) is 0 Å². The molecule has 3 rings (SSSR count). The van der Waals surface area contributed by atoms with Gasteiger partial charge in [-0.1, -0.05) is 25.1 Å². The molecule has 0 aliphatic heterocycles. The highest BCUT2D eigenvalue weighted by Crippen LogP contribution is 2.30. The number of nitro benzene ring substituents is 1. The number of hydrogen-bond donors (Lipinski definition) is 3. The van der Waals surface area contributed by atoms with Crippen molar-refractivity contribution in [3.8, 4) is 11.4 Å². The van der Waals surface area contributed by atoms with Gasteiger partial charge in [-0.25, -0.2) is 4.68 Å². The number of aryl methyl sites for hydroxylation is 1. The lowest BCUT2D eigenvalue weighted by molar-refractivity contribution is -0.384. The molecule has 9 heteroatoms. The largest absolute Gasteiger partial charge is 0.505 e. The number of non-ortho nitro benzene ring substituents is 1. The fraction of sp³-hybridized carbons (Fsp3) is 0.158. The van der Waals surface area contributed by atoms with Crippen LogP contribution in [0.4, 0.5) is 11.4 Å². The third-order valence-electron chi connectivity index (χ3n) is 4.26. The molecule has 0 amide bonds. The van der Waals surface area contributed by atoms with E-state index in [0.29, 0.717) is 28.9 Å². The maximum Gasteiger partial charge on any atom is 0.280 e. The molecule has 1 aromatic heterocycles. The second-order valence-corrected chi connectivity index (χ2v) is 5.97. The first-order chi connectivity index (χ1) is 13.5. The Labute approximate surface area is 159 Å². The maximum absolute atomic E-state index is 12.9. The molecular weight excluding hydrogens is 364 g/mol. The van der Waals surface area contributed by atoms with Gasteiger partial charge < -0.3 is 10.2 Å². The standard InChI is InChI=1S/C19H18N4O5/c1-2-15-14(10-20-16-8-7-13(23(27)28)9-18(16)25)19(26)22(21-15)17-6-4-3-5-12(17)11-24/h3-10,21,24-25H,2,11H2,1H3. The number of benzene rings is 2. The molecule has 0 aliphatic carbocycles. The van der Waals surface area contributed by atoms with Gasteiger partial charge in [0.2, 0.25) is 0 Å². The monoisotopic (exact) mass is 382 g/mol. The van der Waals surface area contributed by atoms with Gasteiger partial charge in [0.1, 0.15) is 11.4 Å². The zero-order valence-electron chi connectivity index (χ0n) is 15.0. The van der Waals surface area contributed by atoms with Crippen LogP contribution < -0.4 is 5.56 Å². The van der Waals surface area contributed by atoms with Gasteiger partial charge in [-0.05, 0) is 18.6 Å². The van der Waals surface area contributed by atoms with Gasteiger partial charge >= 0.3 is 0 Å². The Balaban J connectivity index is 2.04. The quantitative estimate of drug-likeness (QED) is 0.342. The number of aromatic hydroxyl groups is 1. The number of nitro groups is 1. The number of para-hydroxylation sites is 1. The van der Waals surface area contributed by atoms with Crippen molar-refractivity contribution in [2.24, 2.45) is 4.99 Å². The number of phenolic OH excluding ortho intramolecular Hbond substituents is 1. The Morgan fingerprint density at radius 2 is 2.04 bits per heavy atom. The van der Waals surface area contributed by atoms with Gasteiger partial charge in [0.05, 0.1) is 28.8 Å². The van der Waals surface area contributed by atoms with Crippen LogP contribution in [0, 0.1) is 10.1 Å². The molecule has 0 atom stereocenters. The van der Waals surface area contributed by atoms with E-state index in [-0.39, 0.29) is 29.3 Å². The van der Waals surface area contributed by atoms with Gasteiger partial charge in [0.25, 0.3) is 11.2 Å². The van der Waals surface area contributed by atoms with Crippen molar-refractivity contribution in [1.29, 1.82) is 0 Å². The van der Waals surface area contributed by atoms with E-state index >= 15 is 0 Å². The van der Waals surface area contributed by atoms with Crippen molar-refractivity contribution in [3.05, 3.63) is 79.8 Å². The first-order valence-corrected chi connectivity index (χ1v) is 8.50. The Morgan fingerprint density at radius 1 is 1.29 bits per heavy atom. The van der Waals surface area contributed by atoms with E-state index in [2.05, 4.69) is 10.1 Å². The molecule has 0 aliphatic rings. The Morgan fingerprint density at radius 3 is 2.68 bits per heavy atom. The predicted octanol–water partition coefficient (Wildman–Crippen LogP) is 2.58. The van der Waals surface area contributed by atoms with Gasteiger partial charge in [-0.3, -0.25) is 25.0 Å². The highest BCUT2D eigenvalue weighted by atomic mass is 16.6. The summed E-state index contributed by atoms with van der Waals surface area (Å²) in [5.74, 6) is -0.356. The van der Waals surface area contributed by atoms with Crippen molar-refractivity contribution in [1.82, 2.24) is 9.78 Å². The summed E-state index contributed by atoms with van der Waals surface area (Å²) in [6, 6.07) is 10.5. The van der Waals surface area contributed by atoms with Crippen LogP contribution in [0.1, 0.15) is 23.7 Å². The van der Waals surface area contributed by atoms with Gasteiger partial charge in [0, 0.05) is 23.5 Å². The molecule has 9 nitrogen and oxygen atoms in total. The van der Waals surface area contributed by atoms with Crippen molar-refractivity contribution in [2.45, 2.75) is 20.0 Å². The van der Waals surface area contributed by atoms with Crippen LogP contribution in [0.5, 0.6) is 5.75 Å². The van der Waals surface area contributed by atoms with Crippen LogP contribution in [-0.4, -0.2) is 31.1 Å². The Kier molecular flexibility index (Phi) is 5.37. The number of aliphatic hydroxyl groups excluding tert-OH is 1. The maximum atomic E-state index is 12.9. The molecule has 0 bridgehead atoms. The van der Waals surface area contributed by atoms with E-state index in [1.54, 1.807) is 24.3 Å². The Bertz CT molecular complexity index is 1110. The second-order valence-electron chi connectivity index (χ2n) is 5.97. The fourth-order valence-corrected chi connectivity index (χ4v) is 2.80. The summed E-state index contributed by atoms with van der Waals surface area (Å²) in [5.41, 5.74) is 1.54. The van der Waals surface area contributed by atoms with Gasteiger partial charge in [-0.2, -0.15) is 0 Å². The minimum absolute atomic E-state index is 0.107. The number of H-pyrrole nitrogens is 1. The highest BCUT2D eigenvalue weighted by molar-refractivity contribution is 5.84. The van der Waals surface area contributed by atoms with Crippen LogP contribution in [0.15, 0.2) is 52.3 Å². The van der Waals surface area contributed by atoms with Gasteiger partial charge in [-0.15, -0.1) is 0 Å². The number of aliphatic hydroxyl groups is 1. The summed E-state index contributed by atoms with van der Waals surface area (Å²) in [6.45, 7) is 1.65. The van der Waals surface area contributed by atoms with E-state index < -0.39 is 4.92 Å². The molecule has 0 saturated heterocycles. The first-order valence-electron chi connectivity index (χ1n) is 8.50. The minimum atomic E-state index is -0.619. The van der Waals surface area contributed by atoms with E-state index in [4.69, 9.17) is 0 Å². The van der Waals surface area contributed by atoms with E-state index in [1.807, 2.05) is 6.92 Å². The summed E-state index contributed by atoms with van der Waals surface area (Å²) in [6.07, 6.45) is 1.84. The smallest absolute Gasteiger partial charge is 0.280 e. The number of rotatable bonds is 6. The number of hydrogen-bond acceptors (Lipinski definition) is 6. The van der Waals surface area contributed by atoms with Crippen molar-refractivity contribution in [3.63, 3.8) is 0 Å². The molecule has 1 heterocycles. The molecule has 2 aromatic carbocycles. The van der Waals surface area contributed by atoms with Crippen molar-refractivity contribution in [2.75, 3.05) is 0 Å². The summed E-state index contributed by atoms with van der Waals surface area (Å²) >= 11 is 0. The molecule has 0 spiro atoms. The minimum Gasteiger partial charge on any atom is -0.505 e. The topological polar surface area (TPSA) is 134 Å². The fourth-order valence-electron chi connectivity index (χ4n) is 2.80. The lowest BCUT2D eigenvalue weighted by atomic mass is 10.2. The highest BCUT2D eigenvalue weighted by Gasteiger charge is 2.15. The lowest BCUT2D eigenvalue weighted by Gasteiger charge is -2.06. The number of phenols is 1. The van der Waals surface area contributed by atoms with Crippen LogP contribution in [-0.2, 0) is 13.0 Å². The number of aliphatic imine (C=N–C) groups is 1. The molecule has 0 saturated carbocycles. The molecular formula is C19H18N4O5. The van der Waals surface area contributed by atoms with E-state index in [1.165, 1.54) is 23.0 Å². The average Bonchev–Trinajstić information content (AvgIpc) is 3.02. The summed E-state index contributed by atoms with van der Waals surface area (Å²) < 4.78 is 1.33. The summed E-state index contributed by atoms with van der Waals surface area (Å²) in [5, 5.41) is 33.2. The van der Waals surface area contributed by atoms with Crippen molar-refractivity contribution < 1.29 is 15.1 Å². The second kappa shape index (κ2) is 7.89. The third kappa shape index (κ3) is 3.55. The molecule has 144 valence electrons. The normalized spacial score (nSPS) is 11.2. The van der Waals surface area contributed by atoms with Crippen LogP contribution in [0.2, 0.25) is 0 Å². The lowest BCUT2D eigenvalue weighted by Crippen LogP contribution is -2.18. The third-order valence-corrected chi connectivity index (χ3v) is 4.26. The van der Waals surface area contributed by atoms with Crippen LogP contribution >= 0.6 is 0 Å². The first kappa shape index (κ1) is 19.1. The molecule has 0 radical (unpaired) electrons.